The number of alkyl halides is 4. The van der Waals surface area contributed by atoms with Crippen molar-refractivity contribution in [3.05, 3.63) is 70.9 Å². The van der Waals surface area contributed by atoms with E-state index in [2.05, 4.69) is 5.32 Å². The number of ether oxygens (including phenoxy) is 1. The van der Waals surface area contributed by atoms with Gasteiger partial charge in [0, 0.05) is 22.6 Å². The van der Waals surface area contributed by atoms with Crippen molar-refractivity contribution in [3.8, 4) is 0 Å². The van der Waals surface area contributed by atoms with E-state index < -0.39 is 18.4 Å². The molecule has 196 valence electrons. The van der Waals surface area contributed by atoms with E-state index in [4.69, 9.17) is 4.74 Å². The van der Waals surface area contributed by atoms with Crippen LogP contribution in [0.25, 0.3) is 10.9 Å². The predicted octanol–water partition coefficient (Wildman–Crippen LogP) is 5.68. The van der Waals surface area contributed by atoms with Crippen LogP contribution in [-0.2, 0) is 28.7 Å². The summed E-state index contributed by atoms with van der Waals surface area (Å²) < 4.78 is 58.8. The van der Waals surface area contributed by atoms with Crippen LogP contribution in [0.3, 0.4) is 0 Å². The van der Waals surface area contributed by atoms with E-state index in [0.717, 1.165) is 17.7 Å². The number of nitrogens with zero attached hydrogens (tertiary/aromatic N) is 1. The van der Waals surface area contributed by atoms with Crippen molar-refractivity contribution in [2.75, 3.05) is 13.8 Å². The highest BCUT2D eigenvalue weighted by Crippen LogP contribution is 2.72. The number of hydrogen-bond acceptors (Lipinski definition) is 3. The maximum absolute atomic E-state index is 13.6. The van der Waals surface area contributed by atoms with Crippen LogP contribution in [0.4, 0.5) is 17.6 Å². The first-order valence-corrected chi connectivity index (χ1v) is 12.2. The third-order valence-corrected chi connectivity index (χ3v) is 8.41. The minimum atomic E-state index is -4.42. The molecule has 3 aliphatic carbocycles. The van der Waals surface area contributed by atoms with Crippen molar-refractivity contribution in [2.24, 2.45) is 11.3 Å². The minimum Gasteiger partial charge on any atom is -0.469 e. The first-order chi connectivity index (χ1) is 17.5. The fourth-order valence-corrected chi connectivity index (χ4v) is 6.32. The second kappa shape index (κ2) is 8.89. The van der Waals surface area contributed by atoms with Gasteiger partial charge in [0.25, 0.3) is 5.91 Å². The molecule has 2 bridgehead atoms. The summed E-state index contributed by atoms with van der Waals surface area (Å²) in [7, 11) is 1.37. The van der Waals surface area contributed by atoms with E-state index in [-0.39, 0.29) is 35.3 Å². The molecule has 1 aromatic heterocycles. The number of aryl methyl sites for hydroxylation is 1. The number of amides is 1. The number of carbonyl (C=O) groups is 2. The molecule has 1 amide bonds. The average molecular weight is 517 g/mol. The van der Waals surface area contributed by atoms with Gasteiger partial charge < -0.3 is 14.6 Å². The van der Waals surface area contributed by atoms with Crippen LogP contribution in [0, 0.1) is 11.3 Å². The van der Waals surface area contributed by atoms with Crippen molar-refractivity contribution in [1.82, 2.24) is 9.88 Å². The summed E-state index contributed by atoms with van der Waals surface area (Å²) in [5.41, 5.74) is 1.29. The number of hydrogen-bond donors (Lipinski definition) is 1. The summed E-state index contributed by atoms with van der Waals surface area (Å²) in [4.78, 5) is 25.4. The summed E-state index contributed by atoms with van der Waals surface area (Å²) in [5.74, 6) is -0.414. The van der Waals surface area contributed by atoms with Gasteiger partial charge in [-0.1, -0.05) is 31.2 Å². The lowest BCUT2D eigenvalue weighted by molar-refractivity contribution is -0.223. The van der Waals surface area contributed by atoms with Gasteiger partial charge in [0.15, 0.2) is 0 Å². The molecule has 6 rings (SSSR count). The summed E-state index contributed by atoms with van der Waals surface area (Å²) in [6.45, 7) is 1.50. The second-order valence-corrected chi connectivity index (χ2v) is 10.4. The molecule has 3 aromatic rings. The van der Waals surface area contributed by atoms with Gasteiger partial charge in [-0.25, -0.2) is 4.39 Å². The van der Waals surface area contributed by atoms with Crippen molar-refractivity contribution in [1.29, 1.82) is 0 Å². The largest absolute Gasteiger partial charge is 0.469 e. The highest BCUT2D eigenvalue weighted by atomic mass is 19.4. The predicted molar refractivity (Wildman–Crippen MR) is 130 cm³/mol. The maximum Gasteiger partial charge on any atom is 0.416 e. The molecule has 1 heterocycles. The number of aromatic nitrogens is 1. The lowest BCUT2D eigenvalue weighted by atomic mass is 9.32. The molecule has 0 radical (unpaired) electrons. The van der Waals surface area contributed by atoms with Gasteiger partial charge in [-0.15, -0.1) is 0 Å². The molecule has 37 heavy (non-hydrogen) atoms. The Labute approximate surface area is 211 Å². The van der Waals surface area contributed by atoms with Crippen LogP contribution in [0.5, 0.6) is 0 Å². The van der Waals surface area contributed by atoms with Gasteiger partial charge in [-0.3, -0.25) is 9.59 Å². The number of benzene rings is 2. The van der Waals surface area contributed by atoms with Crippen LogP contribution >= 0.6 is 0 Å². The molecule has 1 atom stereocenters. The summed E-state index contributed by atoms with van der Waals surface area (Å²) >= 11 is 0. The highest BCUT2D eigenvalue weighted by molar-refractivity contribution is 6.08. The Bertz CT molecular complexity index is 1350. The molecule has 0 aliphatic heterocycles. The van der Waals surface area contributed by atoms with Gasteiger partial charge in [-0.05, 0) is 59.9 Å². The topological polar surface area (TPSA) is 60.3 Å². The minimum absolute atomic E-state index is 0.0807. The van der Waals surface area contributed by atoms with Gasteiger partial charge in [-0.2, -0.15) is 13.2 Å². The zero-order valence-corrected chi connectivity index (χ0v) is 20.6. The summed E-state index contributed by atoms with van der Waals surface area (Å²) in [6, 6.07) is 10.4. The third-order valence-electron chi connectivity index (χ3n) is 8.41. The standard InChI is InChI=1S/C28H28F4N2O3/c1-17-26(13-23(35)37-2)15-27(17,16-26)33-25(36)21-14-34(11-10-29)22-5-3-4-19(24(21)22)12-18-6-8-20(9-7-18)28(30,31)32/h3-9,14,17H,10-13,15-16H2,1-2H3,(H,33,36)/t17-,26?,27?/m0/s1. The van der Waals surface area contributed by atoms with E-state index in [0.29, 0.717) is 47.7 Å². The highest BCUT2D eigenvalue weighted by Gasteiger charge is 2.74. The first-order valence-electron chi connectivity index (χ1n) is 12.2. The second-order valence-electron chi connectivity index (χ2n) is 10.4. The molecular formula is C28H28F4N2O3. The van der Waals surface area contributed by atoms with E-state index >= 15 is 0 Å². The normalized spacial score (nSPS) is 24.3. The lowest BCUT2D eigenvalue weighted by Crippen LogP contribution is -2.81. The number of methoxy groups -OCH3 is 1. The Hall–Kier alpha value is -3.36. The Morgan fingerprint density at radius 1 is 1.14 bits per heavy atom. The van der Waals surface area contributed by atoms with E-state index in [1.807, 2.05) is 19.1 Å². The van der Waals surface area contributed by atoms with Crippen molar-refractivity contribution < 1.29 is 31.9 Å². The maximum atomic E-state index is 13.6. The van der Waals surface area contributed by atoms with Crippen LogP contribution in [0.2, 0.25) is 0 Å². The van der Waals surface area contributed by atoms with Crippen molar-refractivity contribution in [3.63, 3.8) is 0 Å². The number of fused-ring (bicyclic) bond motifs is 1. The number of carbonyl (C=O) groups excluding carboxylic acids is 2. The summed E-state index contributed by atoms with van der Waals surface area (Å²) in [5, 5.41) is 3.84. The monoisotopic (exact) mass is 516 g/mol. The molecule has 9 heteroatoms. The Morgan fingerprint density at radius 3 is 2.43 bits per heavy atom. The smallest absolute Gasteiger partial charge is 0.416 e. The summed E-state index contributed by atoms with van der Waals surface area (Å²) in [6.07, 6.45) is -0.723. The lowest BCUT2D eigenvalue weighted by Gasteiger charge is -2.75. The molecule has 0 spiro atoms. The van der Waals surface area contributed by atoms with Gasteiger partial charge >= 0.3 is 12.1 Å². The Morgan fingerprint density at radius 2 is 1.84 bits per heavy atom. The van der Waals surface area contributed by atoms with Crippen LogP contribution in [-0.4, -0.2) is 35.8 Å². The van der Waals surface area contributed by atoms with Crippen LogP contribution < -0.4 is 5.32 Å². The zero-order valence-electron chi connectivity index (χ0n) is 20.6. The number of esters is 1. The Kier molecular flexibility index (Phi) is 6.08. The van der Waals surface area contributed by atoms with Gasteiger partial charge in [0.05, 0.1) is 31.2 Å². The van der Waals surface area contributed by atoms with Crippen LogP contribution in [0.1, 0.15) is 53.2 Å². The van der Waals surface area contributed by atoms with Gasteiger partial charge in [0.2, 0.25) is 0 Å². The third kappa shape index (κ3) is 4.18. The Balaban J connectivity index is 1.43. The number of halogens is 4. The fraction of sp³-hybridized carbons (Fsp3) is 0.429. The van der Waals surface area contributed by atoms with Crippen LogP contribution in [0.15, 0.2) is 48.7 Å². The van der Waals surface area contributed by atoms with E-state index in [1.54, 1.807) is 16.8 Å². The number of rotatable bonds is 8. The van der Waals surface area contributed by atoms with Gasteiger partial charge in [0.1, 0.15) is 6.67 Å². The van der Waals surface area contributed by atoms with Crippen molar-refractivity contribution >= 4 is 22.8 Å². The fourth-order valence-electron chi connectivity index (χ4n) is 6.32. The molecule has 1 N–H and O–H groups in total. The average Bonchev–Trinajstić information content (AvgIpc) is 3.22. The quantitative estimate of drug-likeness (QED) is 0.310. The molecule has 3 saturated carbocycles. The molecule has 5 nitrogen and oxygen atoms in total. The van der Waals surface area contributed by atoms with E-state index in [1.165, 1.54) is 19.2 Å². The zero-order chi connectivity index (χ0) is 26.6. The molecule has 2 aromatic carbocycles. The number of nitrogens with one attached hydrogen (secondary N) is 1. The molecule has 0 unspecified atom stereocenters. The van der Waals surface area contributed by atoms with E-state index in [9.17, 15) is 27.2 Å². The first kappa shape index (κ1) is 25.3. The molecule has 3 fully saturated rings. The van der Waals surface area contributed by atoms with Crippen molar-refractivity contribution in [2.45, 2.75) is 50.9 Å². The molecule has 0 saturated heterocycles. The SMILES string of the molecule is COC(=O)CC12CC(NC(=O)c3cn(CCF)c4cccc(Cc5ccc(C(F)(F)F)cc5)c34)(C1)[C@H]2C. The molecular weight excluding hydrogens is 488 g/mol. The molecule has 3 aliphatic rings.